The number of carboxylic acid groups (broad SMARTS) is 1. The number of rotatable bonds is 5. The van der Waals surface area contributed by atoms with Gasteiger partial charge in [0.05, 0.1) is 11.6 Å². The first-order valence-electron chi connectivity index (χ1n) is 10.1. The highest BCUT2D eigenvalue weighted by Gasteiger charge is 2.51. The van der Waals surface area contributed by atoms with Gasteiger partial charge in [-0.15, -0.1) is 0 Å². The Morgan fingerprint density at radius 1 is 1.38 bits per heavy atom. The van der Waals surface area contributed by atoms with Crippen LogP contribution in [0.4, 0.5) is 16.2 Å². The van der Waals surface area contributed by atoms with E-state index < -0.39 is 17.3 Å². The quantitative estimate of drug-likeness (QED) is 0.482. The number of nitrogens with two attached hydrogens (primary N) is 1. The third-order valence-corrected chi connectivity index (χ3v) is 5.49. The monoisotopic (exact) mass is 444 g/mol. The van der Waals surface area contributed by atoms with E-state index in [2.05, 4.69) is 20.6 Å². The third kappa shape index (κ3) is 5.10. The molecule has 1 aromatic heterocycles. The van der Waals surface area contributed by atoms with Crippen molar-refractivity contribution in [2.24, 2.45) is 5.41 Å². The first-order chi connectivity index (χ1) is 15.4. The molecule has 2 aliphatic heterocycles. The molecule has 2 aromatic rings. The lowest BCUT2D eigenvalue weighted by molar-refractivity contribution is -0.137. The number of hydrogen-bond acceptors (Lipinski definition) is 7. The van der Waals surface area contributed by atoms with E-state index in [0.717, 1.165) is 18.2 Å². The van der Waals surface area contributed by atoms with Crippen molar-refractivity contribution in [1.29, 1.82) is 0 Å². The van der Waals surface area contributed by atoms with Crippen LogP contribution in [0.2, 0.25) is 0 Å². The summed E-state index contributed by atoms with van der Waals surface area (Å²) in [6, 6.07) is 9.20. The van der Waals surface area contributed by atoms with Gasteiger partial charge in [0.1, 0.15) is 6.04 Å². The molecule has 2 saturated heterocycles. The zero-order chi connectivity index (χ0) is 23.1. The van der Waals surface area contributed by atoms with Crippen molar-refractivity contribution >= 4 is 30.1 Å². The van der Waals surface area contributed by atoms with E-state index in [9.17, 15) is 14.0 Å². The summed E-state index contributed by atoms with van der Waals surface area (Å²) in [5.74, 6) is -0.930. The molecule has 5 N–H and O–H groups in total. The Balaban J connectivity index is 0.000000913. The summed E-state index contributed by atoms with van der Waals surface area (Å²) in [5, 5.41) is 12.6. The van der Waals surface area contributed by atoms with Gasteiger partial charge in [-0.2, -0.15) is 4.98 Å². The molecule has 0 aliphatic carbocycles. The van der Waals surface area contributed by atoms with Crippen LogP contribution in [0.5, 0.6) is 0 Å². The van der Waals surface area contributed by atoms with E-state index in [1.54, 1.807) is 4.90 Å². The smallest absolute Gasteiger partial charge is 0.290 e. The van der Waals surface area contributed by atoms with Crippen LogP contribution in [0, 0.1) is 11.2 Å². The second-order valence-corrected chi connectivity index (χ2v) is 7.77. The van der Waals surface area contributed by atoms with Gasteiger partial charge in [0.25, 0.3) is 6.47 Å². The van der Waals surface area contributed by atoms with Crippen LogP contribution in [0.3, 0.4) is 0 Å². The van der Waals surface area contributed by atoms with Crippen molar-refractivity contribution in [1.82, 2.24) is 20.6 Å². The van der Waals surface area contributed by atoms with Gasteiger partial charge < -0.3 is 26.4 Å². The highest BCUT2D eigenvalue weighted by Crippen LogP contribution is 2.37. The average molecular weight is 444 g/mol. The van der Waals surface area contributed by atoms with E-state index in [4.69, 9.17) is 15.6 Å². The van der Waals surface area contributed by atoms with Crippen molar-refractivity contribution in [3.05, 3.63) is 47.9 Å². The van der Waals surface area contributed by atoms with Crippen LogP contribution in [0.1, 0.15) is 18.4 Å². The summed E-state index contributed by atoms with van der Waals surface area (Å²) in [7, 11) is 0. The Kier molecular flexibility index (Phi) is 7.18. The van der Waals surface area contributed by atoms with Crippen LogP contribution in [0.15, 0.2) is 36.5 Å². The fourth-order valence-corrected chi connectivity index (χ4v) is 3.89. The molecular weight excluding hydrogens is 419 g/mol. The van der Waals surface area contributed by atoms with Gasteiger partial charge >= 0.3 is 0 Å². The van der Waals surface area contributed by atoms with E-state index in [-0.39, 0.29) is 30.1 Å². The Morgan fingerprint density at radius 2 is 2.06 bits per heavy atom. The van der Waals surface area contributed by atoms with E-state index in [1.165, 1.54) is 0 Å². The minimum atomic E-state index is -0.731. The first-order valence-corrected chi connectivity index (χ1v) is 10.1. The number of hydrogen-bond donors (Lipinski definition) is 4. The molecule has 1 aromatic carbocycles. The number of carbonyl (C=O) groups excluding carboxylic acids is 2. The van der Waals surface area contributed by atoms with Gasteiger partial charge in [-0.25, -0.2) is 9.37 Å². The summed E-state index contributed by atoms with van der Waals surface area (Å²) in [6.45, 7) is 1.09. The number of anilines is 2. The third-order valence-electron chi connectivity index (χ3n) is 5.49. The SMILES string of the molecule is Nc1nc(N2CC(Cc3ccccc3)(C(=O)NC3CCCNC3=O)C2)ncc1F.O=CO. The summed E-state index contributed by atoms with van der Waals surface area (Å²) in [5.41, 5.74) is 5.84. The van der Waals surface area contributed by atoms with Gasteiger partial charge in [-0.1, -0.05) is 30.3 Å². The summed E-state index contributed by atoms with van der Waals surface area (Å²) in [4.78, 5) is 43.4. The minimum Gasteiger partial charge on any atom is -0.483 e. The second-order valence-electron chi connectivity index (χ2n) is 7.77. The van der Waals surface area contributed by atoms with Crippen molar-refractivity contribution in [3.8, 4) is 0 Å². The summed E-state index contributed by atoms with van der Waals surface area (Å²) < 4.78 is 13.4. The molecule has 2 amide bonds. The standard InChI is InChI=1S/C20H23FN6O2.CH2O2/c21-14-10-24-19(26-16(14)22)27-11-20(12-27,9-13-5-2-1-3-6-13)18(29)25-15-7-4-8-23-17(15)28;2-1-3/h1-3,5-6,10,15H,4,7-9,11-12H2,(H,23,28)(H,25,29)(H2,22,24,26);1H,(H,2,3). The fraction of sp³-hybridized carbons (Fsp3) is 0.381. The number of aromatic nitrogens is 2. The molecule has 32 heavy (non-hydrogen) atoms. The summed E-state index contributed by atoms with van der Waals surface area (Å²) >= 11 is 0. The Hall–Kier alpha value is -3.76. The van der Waals surface area contributed by atoms with Crippen molar-refractivity contribution < 1.29 is 23.9 Å². The Morgan fingerprint density at radius 3 is 2.69 bits per heavy atom. The molecule has 0 saturated carbocycles. The zero-order valence-electron chi connectivity index (χ0n) is 17.3. The normalized spacial score (nSPS) is 19.0. The molecule has 2 aliphatic rings. The molecule has 1 unspecified atom stereocenters. The van der Waals surface area contributed by atoms with Crippen LogP contribution in [-0.2, 0) is 20.8 Å². The maximum absolute atomic E-state index is 13.4. The number of halogens is 1. The number of benzene rings is 1. The highest BCUT2D eigenvalue weighted by molar-refractivity contribution is 5.92. The Labute approximate surface area is 184 Å². The molecule has 4 rings (SSSR count). The Bertz CT molecular complexity index is 968. The zero-order valence-corrected chi connectivity index (χ0v) is 17.3. The highest BCUT2D eigenvalue weighted by atomic mass is 19.1. The molecule has 0 spiro atoms. The van der Waals surface area contributed by atoms with Crippen molar-refractivity contribution in [2.75, 3.05) is 30.3 Å². The van der Waals surface area contributed by atoms with E-state index in [0.29, 0.717) is 32.5 Å². The minimum absolute atomic E-state index is 0.148. The largest absolute Gasteiger partial charge is 0.483 e. The maximum Gasteiger partial charge on any atom is 0.290 e. The van der Waals surface area contributed by atoms with Gasteiger partial charge in [0, 0.05) is 19.6 Å². The van der Waals surface area contributed by atoms with Crippen molar-refractivity contribution in [3.63, 3.8) is 0 Å². The van der Waals surface area contributed by atoms with Gasteiger partial charge in [0.15, 0.2) is 11.6 Å². The molecule has 11 heteroatoms. The van der Waals surface area contributed by atoms with Crippen LogP contribution >= 0.6 is 0 Å². The predicted octanol–water partition coefficient (Wildman–Crippen LogP) is 0.343. The topological polar surface area (TPSA) is 151 Å². The second kappa shape index (κ2) is 10.0. The van der Waals surface area contributed by atoms with Gasteiger partial charge in [0.2, 0.25) is 17.8 Å². The molecule has 0 radical (unpaired) electrons. The van der Waals surface area contributed by atoms with Gasteiger partial charge in [-0.05, 0) is 24.8 Å². The first kappa shape index (κ1) is 22.9. The molecule has 3 heterocycles. The number of piperidine rings is 1. The lowest BCUT2D eigenvalue weighted by atomic mass is 9.73. The summed E-state index contributed by atoms with van der Waals surface area (Å²) in [6.07, 6.45) is 3.00. The fourth-order valence-electron chi connectivity index (χ4n) is 3.89. The number of amides is 2. The molecule has 2 fully saturated rings. The van der Waals surface area contributed by atoms with Crippen LogP contribution in [0.25, 0.3) is 0 Å². The predicted molar refractivity (Wildman–Crippen MR) is 114 cm³/mol. The lowest BCUT2D eigenvalue weighted by Crippen LogP contribution is -2.67. The maximum atomic E-state index is 13.4. The molecule has 10 nitrogen and oxygen atoms in total. The number of nitrogens with zero attached hydrogens (tertiary/aromatic N) is 3. The molecule has 0 bridgehead atoms. The van der Waals surface area contributed by atoms with E-state index >= 15 is 0 Å². The molecule has 1 atom stereocenters. The number of nitrogen functional groups attached to an aromatic ring is 1. The average Bonchev–Trinajstić information content (AvgIpc) is 2.75. The van der Waals surface area contributed by atoms with Crippen molar-refractivity contribution in [2.45, 2.75) is 25.3 Å². The molecular formula is C21H25FN6O4. The number of carbonyl (C=O) groups is 3. The lowest BCUT2D eigenvalue weighted by Gasteiger charge is -2.49. The van der Waals surface area contributed by atoms with Gasteiger partial charge in [-0.3, -0.25) is 14.4 Å². The molecule has 170 valence electrons. The van der Waals surface area contributed by atoms with Crippen LogP contribution in [-0.4, -0.2) is 59.0 Å². The van der Waals surface area contributed by atoms with Crippen LogP contribution < -0.4 is 21.3 Å². The van der Waals surface area contributed by atoms with E-state index in [1.807, 2.05) is 30.3 Å². The number of nitrogens with one attached hydrogen (secondary N) is 2.